The Kier molecular flexibility index (Phi) is 4.04. The third kappa shape index (κ3) is 2.97. The standard InChI is InChI=1S/C18H19NO/c1-12-6-4-5-7-16(12)17(14(3)20)11-15-8-9-18(19)13(2)10-15/h4-11H,19H2,1-3H3/b17-11-. The predicted octanol–water partition coefficient (Wildman–Crippen LogP) is 4.02. The number of Topliss-reactive ketones (excluding diaryl/α,β-unsaturated/α-hetero) is 1. The Bertz CT molecular complexity index is 684. The van der Waals surface area contributed by atoms with Crippen molar-refractivity contribution in [2.24, 2.45) is 0 Å². The van der Waals surface area contributed by atoms with Gasteiger partial charge in [0.1, 0.15) is 0 Å². The SMILES string of the molecule is CC(=O)/C(=C/c1ccc(N)c(C)c1)c1ccccc1C. The first kappa shape index (κ1) is 14.1. The third-order valence-electron chi connectivity index (χ3n) is 3.42. The van der Waals surface area contributed by atoms with Crippen LogP contribution in [0.3, 0.4) is 0 Å². The molecule has 0 bridgehead atoms. The summed E-state index contributed by atoms with van der Waals surface area (Å²) in [6.45, 7) is 5.58. The van der Waals surface area contributed by atoms with E-state index < -0.39 is 0 Å². The average molecular weight is 265 g/mol. The van der Waals surface area contributed by atoms with E-state index >= 15 is 0 Å². The van der Waals surface area contributed by atoms with Crippen LogP contribution in [-0.2, 0) is 4.79 Å². The number of hydrogen-bond acceptors (Lipinski definition) is 2. The second kappa shape index (κ2) is 5.74. The number of benzene rings is 2. The zero-order valence-electron chi connectivity index (χ0n) is 12.1. The highest BCUT2D eigenvalue weighted by molar-refractivity contribution is 6.24. The number of ketones is 1. The summed E-state index contributed by atoms with van der Waals surface area (Å²) in [4.78, 5) is 12.0. The minimum Gasteiger partial charge on any atom is -0.399 e. The van der Waals surface area contributed by atoms with Crippen LogP contribution >= 0.6 is 0 Å². The highest BCUT2D eigenvalue weighted by Crippen LogP contribution is 2.23. The zero-order valence-corrected chi connectivity index (χ0v) is 12.1. The molecule has 2 N–H and O–H groups in total. The Morgan fingerprint density at radius 2 is 1.75 bits per heavy atom. The van der Waals surface area contributed by atoms with Gasteiger partial charge in [0, 0.05) is 11.3 Å². The van der Waals surface area contributed by atoms with Crippen LogP contribution in [0.2, 0.25) is 0 Å². The van der Waals surface area contributed by atoms with Gasteiger partial charge in [0.05, 0.1) is 0 Å². The maximum Gasteiger partial charge on any atom is 0.160 e. The van der Waals surface area contributed by atoms with Gasteiger partial charge in [0.15, 0.2) is 5.78 Å². The van der Waals surface area contributed by atoms with Gasteiger partial charge in [0.25, 0.3) is 0 Å². The largest absolute Gasteiger partial charge is 0.399 e. The lowest BCUT2D eigenvalue weighted by atomic mass is 9.95. The highest BCUT2D eigenvalue weighted by Gasteiger charge is 2.09. The molecular formula is C18H19NO. The highest BCUT2D eigenvalue weighted by atomic mass is 16.1. The molecule has 2 rings (SSSR count). The molecule has 0 spiro atoms. The molecule has 0 heterocycles. The number of aryl methyl sites for hydroxylation is 2. The monoisotopic (exact) mass is 265 g/mol. The summed E-state index contributed by atoms with van der Waals surface area (Å²) in [6.07, 6.45) is 1.93. The van der Waals surface area contributed by atoms with Crippen molar-refractivity contribution in [3.63, 3.8) is 0 Å². The summed E-state index contributed by atoms with van der Waals surface area (Å²) in [5.41, 5.74) is 11.4. The van der Waals surface area contributed by atoms with Gasteiger partial charge in [-0.25, -0.2) is 0 Å². The van der Waals surface area contributed by atoms with E-state index in [4.69, 9.17) is 5.73 Å². The molecule has 20 heavy (non-hydrogen) atoms. The van der Waals surface area contributed by atoms with Crippen molar-refractivity contribution in [2.75, 3.05) is 5.73 Å². The molecule has 0 amide bonds. The lowest BCUT2D eigenvalue weighted by Gasteiger charge is -2.09. The number of anilines is 1. The normalized spacial score (nSPS) is 11.4. The first-order chi connectivity index (χ1) is 9.49. The molecule has 0 fully saturated rings. The summed E-state index contributed by atoms with van der Waals surface area (Å²) in [7, 11) is 0. The van der Waals surface area contributed by atoms with E-state index in [0.29, 0.717) is 0 Å². The molecule has 0 radical (unpaired) electrons. The Morgan fingerprint density at radius 3 is 2.35 bits per heavy atom. The average Bonchev–Trinajstić information content (AvgIpc) is 2.41. The Hall–Kier alpha value is -2.35. The minimum absolute atomic E-state index is 0.0637. The Labute approximate surface area is 119 Å². The van der Waals surface area contributed by atoms with Gasteiger partial charge in [-0.2, -0.15) is 0 Å². The van der Waals surface area contributed by atoms with Gasteiger partial charge in [-0.15, -0.1) is 0 Å². The van der Waals surface area contributed by atoms with E-state index in [9.17, 15) is 4.79 Å². The van der Waals surface area contributed by atoms with Gasteiger partial charge in [-0.05, 0) is 61.2 Å². The van der Waals surface area contributed by atoms with Gasteiger partial charge in [0.2, 0.25) is 0 Å². The van der Waals surface area contributed by atoms with E-state index in [0.717, 1.165) is 33.5 Å². The topological polar surface area (TPSA) is 43.1 Å². The van der Waals surface area contributed by atoms with Crippen molar-refractivity contribution < 1.29 is 4.79 Å². The second-order valence-corrected chi connectivity index (χ2v) is 5.05. The van der Waals surface area contributed by atoms with Crippen molar-refractivity contribution in [2.45, 2.75) is 20.8 Å². The number of rotatable bonds is 3. The molecule has 0 unspecified atom stereocenters. The Balaban J connectivity index is 2.54. The lowest BCUT2D eigenvalue weighted by molar-refractivity contribution is -0.111. The maximum absolute atomic E-state index is 12.0. The first-order valence-corrected chi connectivity index (χ1v) is 6.64. The fraction of sp³-hybridized carbons (Fsp3) is 0.167. The fourth-order valence-electron chi connectivity index (χ4n) is 2.20. The maximum atomic E-state index is 12.0. The number of nitrogen functional groups attached to an aromatic ring is 1. The van der Waals surface area contributed by atoms with Crippen LogP contribution in [0.15, 0.2) is 42.5 Å². The van der Waals surface area contributed by atoms with Crippen LogP contribution in [0.5, 0.6) is 0 Å². The zero-order chi connectivity index (χ0) is 14.7. The Morgan fingerprint density at radius 1 is 1.05 bits per heavy atom. The molecule has 2 heteroatoms. The van der Waals surface area contributed by atoms with Crippen LogP contribution in [0.4, 0.5) is 5.69 Å². The fourth-order valence-corrected chi connectivity index (χ4v) is 2.20. The van der Waals surface area contributed by atoms with E-state index in [1.807, 2.05) is 62.4 Å². The molecule has 2 aromatic carbocycles. The van der Waals surface area contributed by atoms with Crippen LogP contribution in [0.25, 0.3) is 11.6 Å². The summed E-state index contributed by atoms with van der Waals surface area (Å²) in [6, 6.07) is 13.7. The lowest BCUT2D eigenvalue weighted by Crippen LogP contribution is -1.98. The van der Waals surface area contributed by atoms with Crippen molar-refractivity contribution >= 4 is 23.1 Å². The van der Waals surface area contributed by atoms with Gasteiger partial charge in [-0.3, -0.25) is 4.79 Å². The quantitative estimate of drug-likeness (QED) is 0.517. The number of nitrogens with two attached hydrogens (primary N) is 1. The number of carbonyl (C=O) groups excluding carboxylic acids is 1. The van der Waals surface area contributed by atoms with E-state index in [1.54, 1.807) is 6.92 Å². The summed E-state index contributed by atoms with van der Waals surface area (Å²) in [5, 5.41) is 0. The van der Waals surface area contributed by atoms with Gasteiger partial charge in [-0.1, -0.05) is 30.3 Å². The molecule has 102 valence electrons. The van der Waals surface area contributed by atoms with Crippen LogP contribution in [0.1, 0.15) is 29.2 Å². The molecule has 2 aromatic rings. The van der Waals surface area contributed by atoms with Crippen molar-refractivity contribution in [1.82, 2.24) is 0 Å². The molecule has 0 aliphatic heterocycles. The number of hydrogen-bond donors (Lipinski definition) is 1. The number of carbonyl (C=O) groups is 1. The van der Waals surface area contributed by atoms with E-state index in [-0.39, 0.29) is 5.78 Å². The molecule has 0 saturated carbocycles. The molecular weight excluding hydrogens is 246 g/mol. The molecule has 2 nitrogen and oxygen atoms in total. The van der Waals surface area contributed by atoms with Gasteiger partial charge < -0.3 is 5.73 Å². The molecule has 0 saturated heterocycles. The van der Waals surface area contributed by atoms with Crippen LogP contribution < -0.4 is 5.73 Å². The summed E-state index contributed by atoms with van der Waals surface area (Å²) >= 11 is 0. The second-order valence-electron chi connectivity index (χ2n) is 5.05. The first-order valence-electron chi connectivity index (χ1n) is 6.64. The van der Waals surface area contributed by atoms with Gasteiger partial charge >= 0.3 is 0 Å². The van der Waals surface area contributed by atoms with Crippen molar-refractivity contribution in [3.8, 4) is 0 Å². The number of allylic oxidation sites excluding steroid dienone is 1. The predicted molar refractivity (Wildman–Crippen MR) is 85.3 cm³/mol. The molecule has 0 aliphatic rings. The van der Waals surface area contributed by atoms with E-state index in [1.165, 1.54) is 0 Å². The molecule has 0 aromatic heterocycles. The molecule has 0 atom stereocenters. The molecule has 0 aliphatic carbocycles. The summed E-state index contributed by atoms with van der Waals surface area (Å²) < 4.78 is 0. The minimum atomic E-state index is 0.0637. The third-order valence-corrected chi connectivity index (χ3v) is 3.42. The summed E-state index contributed by atoms with van der Waals surface area (Å²) in [5.74, 6) is 0.0637. The van der Waals surface area contributed by atoms with Crippen LogP contribution in [0, 0.1) is 13.8 Å². The van der Waals surface area contributed by atoms with Crippen molar-refractivity contribution in [1.29, 1.82) is 0 Å². The van der Waals surface area contributed by atoms with Crippen LogP contribution in [-0.4, -0.2) is 5.78 Å². The van der Waals surface area contributed by atoms with E-state index in [2.05, 4.69) is 0 Å². The smallest absolute Gasteiger partial charge is 0.160 e. The van der Waals surface area contributed by atoms with Crippen molar-refractivity contribution in [3.05, 3.63) is 64.7 Å².